The number of aliphatic hydroxyl groups is 2. The van der Waals surface area contributed by atoms with Gasteiger partial charge in [0.2, 0.25) is 0 Å². The second kappa shape index (κ2) is 6.79. The van der Waals surface area contributed by atoms with E-state index in [1.807, 2.05) is 0 Å². The Balaban J connectivity index is 3.04. The van der Waals surface area contributed by atoms with Crippen LogP contribution in [0.25, 0.3) is 0 Å². The molecule has 2 atom stereocenters. The molecule has 1 rings (SSSR count). The number of thioether (sulfide) groups is 1. The summed E-state index contributed by atoms with van der Waals surface area (Å²) in [6.45, 7) is 2.95. The number of aldehydes is 1. The molecule has 0 aliphatic heterocycles. The minimum absolute atomic E-state index is 0.0231. The molecular formula is C13H15FO4S. The maximum atomic E-state index is 13.5. The number of carbonyl (C=O) groups is 2. The van der Waals surface area contributed by atoms with Crippen LogP contribution in [0.4, 0.5) is 4.39 Å². The standard InChI is InChI=1S/C13H15FO4S/c1-7-3-4-10(14)9(5-15)12(7)13(18)11(17)6-19-8(2)16/h3-5,11,13,17-18H,6H2,1-2H3. The summed E-state index contributed by atoms with van der Waals surface area (Å²) < 4.78 is 13.5. The molecule has 0 saturated heterocycles. The first-order valence-corrected chi connectivity index (χ1v) is 6.60. The maximum Gasteiger partial charge on any atom is 0.185 e. The van der Waals surface area contributed by atoms with Gasteiger partial charge in [0.15, 0.2) is 11.4 Å². The number of halogens is 1. The lowest BCUT2D eigenvalue weighted by Gasteiger charge is -2.21. The van der Waals surface area contributed by atoms with Crippen LogP contribution in [0.1, 0.15) is 34.5 Å². The van der Waals surface area contributed by atoms with Crippen molar-refractivity contribution in [3.63, 3.8) is 0 Å². The Morgan fingerprint density at radius 1 is 1.47 bits per heavy atom. The Hall–Kier alpha value is -1.24. The van der Waals surface area contributed by atoms with E-state index in [1.54, 1.807) is 6.92 Å². The fraction of sp³-hybridized carbons (Fsp3) is 0.385. The predicted molar refractivity (Wildman–Crippen MR) is 70.6 cm³/mol. The molecule has 1 aromatic rings. The zero-order valence-corrected chi connectivity index (χ0v) is 11.4. The first-order valence-electron chi connectivity index (χ1n) is 5.62. The van der Waals surface area contributed by atoms with E-state index in [0.29, 0.717) is 11.8 Å². The fourth-order valence-electron chi connectivity index (χ4n) is 1.72. The van der Waals surface area contributed by atoms with E-state index in [2.05, 4.69) is 0 Å². The number of rotatable bonds is 5. The summed E-state index contributed by atoms with van der Waals surface area (Å²) in [7, 11) is 0. The molecule has 4 nitrogen and oxygen atoms in total. The zero-order valence-electron chi connectivity index (χ0n) is 10.6. The average molecular weight is 286 g/mol. The van der Waals surface area contributed by atoms with Crippen molar-refractivity contribution < 1.29 is 24.2 Å². The third-order valence-electron chi connectivity index (χ3n) is 2.69. The van der Waals surface area contributed by atoms with Crippen LogP contribution in [0.5, 0.6) is 0 Å². The van der Waals surface area contributed by atoms with Gasteiger partial charge >= 0.3 is 0 Å². The second-order valence-corrected chi connectivity index (χ2v) is 5.32. The molecule has 19 heavy (non-hydrogen) atoms. The second-order valence-electron chi connectivity index (χ2n) is 4.12. The zero-order chi connectivity index (χ0) is 14.6. The lowest BCUT2D eigenvalue weighted by molar-refractivity contribution is -0.109. The van der Waals surface area contributed by atoms with Crippen LogP contribution < -0.4 is 0 Å². The van der Waals surface area contributed by atoms with Crippen molar-refractivity contribution in [3.05, 3.63) is 34.6 Å². The Labute approximate surface area is 114 Å². The van der Waals surface area contributed by atoms with Gasteiger partial charge in [0, 0.05) is 12.7 Å². The van der Waals surface area contributed by atoms with Gasteiger partial charge in [-0.25, -0.2) is 4.39 Å². The molecule has 0 aliphatic rings. The maximum absolute atomic E-state index is 13.5. The Morgan fingerprint density at radius 2 is 2.11 bits per heavy atom. The van der Waals surface area contributed by atoms with Crippen LogP contribution in [0.15, 0.2) is 12.1 Å². The van der Waals surface area contributed by atoms with Crippen LogP contribution in [-0.2, 0) is 4.79 Å². The summed E-state index contributed by atoms with van der Waals surface area (Å²) in [5.41, 5.74) is 0.300. The topological polar surface area (TPSA) is 74.6 Å². The summed E-state index contributed by atoms with van der Waals surface area (Å²) in [4.78, 5) is 21.7. The van der Waals surface area contributed by atoms with E-state index in [9.17, 15) is 24.2 Å². The number of aliphatic hydroxyl groups excluding tert-OH is 2. The Kier molecular flexibility index (Phi) is 5.65. The first kappa shape index (κ1) is 15.8. The van der Waals surface area contributed by atoms with Crippen LogP contribution in [0.3, 0.4) is 0 Å². The van der Waals surface area contributed by atoms with Crippen LogP contribution >= 0.6 is 11.8 Å². The van der Waals surface area contributed by atoms with Gasteiger partial charge in [-0.1, -0.05) is 17.8 Å². The molecule has 0 heterocycles. The normalized spacial score (nSPS) is 13.9. The predicted octanol–water partition coefficient (Wildman–Crippen LogP) is 1.62. The minimum Gasteiger partial charge on any atom is -0.389 e. The quantitative estimate of drug-likeness (QED) is 0.805. The molecular weight excluding hydrogens is 271 g/mol. The van der Waals surface area contributed by atoms with Gasteiger partial charge in [0.1, 0.15) is 11.9 Å². The van der Waals surface area contributed by atoms with Crippen molar-refractivity contribution in [1.29, 1.82) is 0 Å². The summed E-state index contributed by atoms with van der Waals surface area (Å²) in [6.07, 6.45) is -2.36. The van der Waals surface area contributed by atoms with Crippen molar-refractivity contribution in [2.75, 3.05) is 5.75 Å². The lowest BCUT2D eigenvalue weighted by Crippen LogP contribution is -2.23. The molecule has 6 heteroatoms. The molecule has 0 spiro atoms. The summed E-state index contributed by atoms with van der Waals surface area (Å²) >= 11 is 0.855. The van der Waals surface area contributed by atoms with Crippen LogP contribution in [0.2, 0.25) is 0 Å². The van der Waals surface area contributed by atoms with Gasteiger partial charge in [-0.2, -0.15) is 0 Å². The number of aryl methyl sites for hydroxylation is 1. The van der Waals surface area contributed by atoms with Crippen molar-refractivity contribution >= 4 is 23.2 Å². The summed E-state index contributed by atoms with van der Waals surface area (Å²) in [5, 5.41) is 19.6. The minimum atomic E-state index is -1.41. The van der Waals surface area contributed by atoms with Crippen molar-refractivity contribution in [2.45, 2.75) is 26.1 Å². The first-order chi connectivity index (χ1) is 8.88. The number of hydrogen-bond acceptors (Lipinski definition) is 5. The van der Waals surface area contributed by atoms with E-state index < -0.39 is 18.0 Å². The van der Waals surface area contributed by atoms with Crippen LogP contribution in [-0.4, -0.2) is 33.5 Å². The molecule has 0 aromatic heterocycles. The molecule has 2 unspecified atom stereocenters. The third kappa shape index (κ3) is 3.86. The van der Waals surface area contributed by atoms with Crippen molar-refractivity contribution in [2.24, 2.45) is 0 Å². The van der Waals surface area contributed by atoms with Gasteiger partial charge in [0.05, 0.1) is 11.7 Å². The monoisotopic (exact) mass is 286 g/mol. The fourth-order valence-corrected chi connectivity index (χ4v) is 2.31. The smallest absolute Gasteiger partial charge is 0.185 e. The molecule has 2 N–H and O–H groups in total. The number of hydrogen-bond donors (Lipinski definition) is 2. The molecule has 0 aliphatic carbocycles. The third-order valence-corrected chi connectivity index (χ3v) is 3.60. The summed E-state index contributed by atoms with van der Waals surface area (Å²) in [5.74, 6) is -0.772. The van der Waals surface area contributed by atoms with E-state index in [0.717, 1.165) is 17.8 Å². The van der Waals surface area contributed by atoms with E-state index >= 15 is 0 Å². The Bertz CT molecular complexity index is 490. The van der Waals surface area contributed by atoms with E-state index in [4.69, 9.17) is 0 Å². The van der Waals surface area contributed by atoms with E-state index in [-0.39, 0.29) is 22.0 Å². The highest BCUT2D eigenvalue weighted by Crippen LogP contribution is 2.27. The Morgan fingerprint density at radius 3 is 2.63 bits per heavy atom. The number of carbonyl (C=O) groups excluding carboxylic acids is 2. The molecule has 0 bridgehead atoms. The van der Waals surface area contributed by atoms with Crippen molar-refractivity contribution in [1.82, 2.24) is 0 Å². The van der Waals surface area contributed by atoms with Gasteiger partial charge in [0.25, 0.3) is 0 Å². The van der Waals surface area contributed by atoms with Gasteiger partial charge in [-0.05, 0) is 24.1 Å². The van der Waals surface area contributed by atoms with Gasteiger partial charge in [-0.15, -0.1) is 0 Å². The highest BCUT2D eigenvalue weighted by molar-refractivity contribution is 8.13. The molecule has 104 valence electrons. The largest absolute Gasteiger partial charge is 0.389 e. The highest BCUT2D eigenvalue weighted by atomic mass is 32.2. The van der Waals surface area contributed by atoms with Gasteiger partial charge < -0.3 is 10.2 Å². The van der Waals surface area contributed by atoms with Crippen LogP contribution in [0, 0.1) is 12.7 Å². The van der Waals surface area contributed by atoms with Gasteiger partial charge in [-0.3, -0.25) is 9.59 Å². The van der Waals surface area contributed by atoms with Crippen molar-refractivity contribution in [3.8, 4) is 0 Å². The molecule has 1 aromatic carbocycles. The SMILES string of the molecule is CC(=O)SCC(O)C(O)c1c(C)ccc(F)c1C=O. The lowest BCUT2D eigenvalue weighted by atomic mass is 9.94. The molecule has 0 fully saturated rings. The average Bonchev–Trinajstić information content (AvgIpc) is 2.37. The highest BCUT2D eigenvalue weighted by Gasteiger charge is 2.25. The molecule has 0 radical (unpaired) electrons. The van der Waals surface area contributed by atoms with E-state index in [1.165, 1.54) is 13.0 Å². The summed E-state index contributed by atoms with van der Waals surface area (Å²) in [6, 6.07) is 2.55. The molecule has 0 saturated carbocycles. The number of benzene rings is 1. The molecule has 0 amide bonds.